The van der Waals surface area contributed by atoms with Crippen LogP contribution < -0.4 is 5.73 Å². The van der Waals surface area contributed by atoms with Crippen LogP contribution in [0.25, 0.3) is 10.9 Å². The van der Waals surface area contributed by atoms with Crippen LogP contribution in [-0.2, 0) is 13.1 Å². The number of nitrogens with two attached hydrogens (primary N) is 1. The van der Waals surface area contributed by atoms with Crippen molar-refractivity contribution < 1.29 is 0 Å². The van der Waals surface area contributed by atoms with Crippen LogP contribution in [0.4, 0.5) is 0 Å². The molecule has 2 aromatic rings. The number of aryl methyl sites for hydroxylation is 2. The number of aromatic nitrogens is 1. The Morgan fingerprint density at radius 2 is 2.00 bits per heavy atom. The Hall–Kier alpha value is -1.32. The van der Waals surface area contributed by atoms with Gasteiger partial charge in [0.1, 0.15) is 0 Å². The number of hydrogen-bond donors (Lipinski definition) is 1. The lowest BCUT2D eigenvalue weighted by atomic mass is 10.1. The molecule has 0 bridgehead atoms. The van der Waals surface area contributed by atoms with Gasteiger partial charge in [-0.05, 0) is 51.1 Å². The van der Waals surface area contributed by atoms with Gasteiger partial charge in [-0.3, -0.25) is 4.90 Å². The minimum Gasteiger partial charge on any atom is -0.342 e. The van der Waals surface area contributed by atoms with E-state index in [1.165, 1.54) is 27.7 Å². The minimum absolute atomic E-state index is 0.789. The quantitative estimate of drug-likeness (QED) is 0.916. The third-order valence-electron chi connectivity index (χ3n) is 4.12. The van der Waals surface area contributed by atoms with Gasteiger partial charge >= 0.3 is 0 Å². The van der Waals surface area contributed by atoms with Gasteiger partial charge in [0.15, 0.2) is 0 Å². The van der Waals surface area contributed by atoms with Gasteiger partial charge in [0.2, 0.25) is 0 Å². The highest BCUT2D eigenvalue weighted by Crippen LogP contribution is 2.27. The zero-order chi connectivity index (χ0) is 13.4. The molecule has 2 heterocycles. The van der Waals surface area contributed by atoms with Crippen LogP contribution in [-0.4, -0.2) is 29.1 Å². The predicted octanol–water partition coefficient (Wildman–Crippen LogP) is 2.42. The van der Waals surface area contributed by atoms with Gasteiger partial charge in [0.05, 0.1) is 5.52 Å². The molecular weight excluding hydrogens is 234 g/mol. The molecule has 102 valence electrons. The lowest BCUT2D eigenvalue weighted by molar-refractivity contribution is 0.222. The SMILES string of the molecule is Cc1cc(C)c2c(c1)cc1n2CCN(CCCN)C1. The topological polar surface area (TPSA) is 34.2 Å². The summed E-state index contributed by atoms with van der Waals surface area (Å²) in [5, 5.41) is 1.40. The third-order valence-corrected chi connectivity index (χ3v) is 4.12. The Kier molecular flexibility index (Phi) is 3.33. The van der Waals surface area contributed by atoms with Crippen LogP contribution in [0, 0.1) is 13.8 Å². The summed E-state index contributed by atoms with van der Waals surface area (Å²) in [4.78, 5) is 2.52. The van der Waals surface area contributed by atoms with E-state index in [1.807, 2.05) is 0 Å². The fourth-order valence-corrected chi connectivity index (χ4v) is 3.31. The molecule has 0 spiro atoms. The van der Waals surface area contributed by atoms with Crippen molar-refractivity contribution >= 4 is 10.9 Å². The highest BCUT2D eigenvalue weighted by Gasteiger charge is 2.19. The van der Waals surface area contributed by atoms with Crippen molar-refractivity contribution in [3.8, 4) is 0 Å². The van der Waals surface area contributed by atoms with Crippen molar-refractivity contribution in [3.05, 3.63) is 35.0 Å². The van der Waals surface area contributed by atoms with E-state index in [1.54, 1.807) is 0 Å². The van der Waals surface area contributed by atoms with Gasteiger partial charge in [0, 0.05) is 30.7 Å². The van der Waals surface area contributed by atoms with Crippen LogP contribution in [0.2, 0.25) is 0 Å². The molecule has 0 saturated heterocycles. The highest BCUT2D eigenvalue weighted by atomic mass is 15.2. The molecule has 0 atom stereocenters. The van der Waals surface area contributed by atoms with Crippen LogP contribution in [0.15, 0.2) is 18.2 Å². The molecule has 0 amide bonds. The Morgan fingerprint density at radius 3 is 2.79 bits per heavy atom. The molecule has 0 radical (unpaired) electrons. The minimum atomic E-state index is 0.789. The highest BCUT2D eigenvalue weighted by molar-refractivity contribution is 5.85. The third kappa shape index (κ3) is 2.28. The Bertz CT molecular complexity index is 598. The second-order valence-corrected chi connectivity index (χ2v) is 5.73. The summed E-state index contributed by atoms with van der Waals surface area (Å²) in [5.74, 6) is 0. The molecule has 19 heavy (non-hydrogen) atoms. The molecular formula is C16H23N3. The lowest BCUT2D eigenvalue weighted by Gasteiger charge is -2.29. The number of rotatable bonds is 3. The molecule has 0 fully saturated rings. The van der Waals surface area contributed by atoms with Crippen molar-refractivity contribution in [1.29, 1.82) is 0 Å². The Labute approximate surface area is 115 Å². The molecule has 3 heteroatoms. The van der Waals surface area contributed by atoms with Gasteiger partial charge in [-0.15, -0.1) is 0 Å². The van der Waals surface area contributed by atoms with E-state index in [0.29, 0.717) is 0 Å². The van der Waals surface area contributed by atoms with Crippen molar-refractivity contribution in [2.24, 2.45) is 5.73 Å². The number of hydrogen-bond acceptors (Lipinski definition) is 2. The molecule has 2 N–H and O–H groups in total. The molecule has 1 aromatic carbocycles. The van der Waals surface area contributed by atoms with Crippen LogP contribution in [0.3, 0.4) is 0 Å². The predicted molar refractivity (Wildman–Crippen MR) is 80.4 cm³/mol. The lowest BCUT2D eigenvalue weighted by Crippen LogP contribution is -2.34. The zero-order valence-electron chi connectivity index (χ0n) is 11.9. The van der Waals surface area contributed by atoms with Gasteiger partial charge < -0.3 is 10.3 Å². The molecule has 3 nitrogen and oxygen atoms in total. The van der Waals surface area contributed by atoms with E-state index in [2.05, 4.69) is 41.5 Å². The first-order chi connectivity index (χ1) is 9.19. The van der Waals surface area contributed by atoms with Gasteiger partial charge in [-0.2, -0.15) is 0 Å². The van der Waals surface area contributed by atoms with E-state index < -0.39 is 0 Å². The monoisotopic (exact) mass is 257 g/mol. The second kappa shape index (κ2) is 4.99. The maximum absolute atomic E-state index is 5.61. The molecule has 1 aromatic heterocycles. The van der Waals surface area contributed by atoms with E-state index >= 15 is 0 Å². The first-order valence-corrected chi connectivity index (χ1v) is 7.21. The fourth-order valence-electron chi connectivity index (χ4n) is 3.31. The fraction of sp³-hybridized carbons (Fsp3) is 0.500. The summed E-state index contributed by atoms with van der Waals surface area (Å²) in [6, 6.07) is 6.96. The summed E-state index contributed by atoms with van der Waals surface area (Å²) in [5.41, 5.74) is 11.2. The van der Waals surface area contributed by atoms with Gasteiger partial charge in [0.25, 0.3) is 0 Å². The van der Waals surface area contributed by atoms with Crippen molar-refractivity contribution in [2.45, 2.75) is 33.4 Å². The largest absolute Gasteiger partial charge is 0.342 e. The average molecular weight is 257 g/mol. The van der Waals surface area contributed by atoms with Crippen LogP contribution in [0.5, 0.6) is 0 Å². The second-order valence-electron chi connectivity index (χ2n) is 5.73. The smallest absolute Gasteiger partial charge is 0.0513 e. The van der Waals surface area contributed by atoms with E-state index in [0.717, 1.165) is 39.1 Å². The normalized spacial score (nSPS) is 15.9. The first kappa shape index (κ1) is 12.7. The molecule has 1 aliphatic rings. The summed E-state index contributed by atoms with van der Waals surface area (Å²) in [7, 11) is 0. The molecule has 0 aliphatic carbocycles. The van der Waals surface area contributed by atoms with Gasteiger partial charge in [-0.1, -0.05) is 11.6 Å². The van der Waals surface area contributed by atoms with Crippen molar-refractivity contribution in [3.63, 3.8) is 0 Å². The van der Waals surface area contributed by atoms with Crippen LogP contribution in [0.1, 0.15) is 23.2 Å². The van der Waals surface area contributed by atoms with E-state index in [4.69, 9.17) is 5.73 Å². The summed E-state index contributed by atoms with van der Waals surface area (Å²) >= 11 is 0. The average Bonchev–Trinajstić information content (AvgIpc) is 2.73. The first-order valence-electron chi connectivity index (χ1n) is 7.21. The van der Waals surface area contributed by atoms with Crippen molar-refractivity contribution in [1.82, 2.24) is 9.47 Å². The summed E-state index contributed by atoms with van der Waals surface area (Å²) < 4.78 is 2.50. The molecule has 0 saturated carbocycles. The molecule has 1 aliphatic heterocycles. The number of fused-ring (bicyclic) bond motifs is 3. The van der Waals surface area contributed by atoms with Crippen molar-refractivity contribution in [2.75, 3.05) is 19.6 Å². The number of benzene rings is 1. The number of nitrogens with zero attached hydrogens (tertiary/aromatic N) is 2. The zero-order valence-corrected chi connectivity index (χ0v) is 11.9. The van der Waals surface area contributed by atoms with E-state index in [9.17, 15) is 0 Å². The summed E-state index contributed by atoms with van der Waals surface area (Å²) in [6.07, 6.45) is 1.10. The Balaban J connectivity index is 1.96. The molecule has 0 unspecified atom stereocenters. The Morgan fingerprint density at radius 1 is 1.16 bits per heavy atom. The summed E-state index contributed by atoms with van der Waals surface area (Å²) in [6.45, 7) is 9.62. The van der Waals surface area contributed by atoms with E-state index in [-0.39, 0.29) is 0 Å². The maximum atomic E-state index is 5.61. The standard InChI is InChI=1S/C16H23N3/c1-12-8-13(2)16-14(9-12)10-15-11-18(5-3-4-17)6-7-19(15)16/h8-10H,3-7,11,17H2,1-2H3. The van der Waals surface area contributed by atoms with Gasteiger partial charge in [-0.25, -0.2) is 0 Å². The maximum Gasteiger partial charge on any atom is 0.0513 e. The van der Waals surface area contributed by atoms with Crippen LogP contribution >= 0.6 is 0 Å². The molecule has 3 rings (SSSR count).